The highest BCUT2D eigenvalue weighted by molar-refractivity contribution is 7.14. The van der Waals surface area contributed by atoms with Crippen molar-refractivity contribution in [3.05, 3.63) is 65.0 Å². The topological polar surface area (TPSA) is 60.9 Å². The number of anilines is 1. The van der Waals surface area contributed by atoms with E-state index in [9.17, 15) is 4.79 Å². The number of nitrogens with zero attached hydrogens (tertiary/aromatic N) is 4. The van der Waals surface area contributed by atoms with Crippen molar-refractivity contribution in [2.75, 3.05) is 51.7 Å². The van der Waals surface area contributed by atoms with Crippen molar-refractivity contribution >= 4 is 22.5 Å². The van der Waals surface area contributed by atoms with Gasteiger partial charge in [-0.15, -0.1) is 11.3 Å². The predicted octanol–water partition coefficient (Wildman–Crippen LogP) is 6.68. The summed E-state index contributed by atoms with van der Waals surface area (Å²) in [7, 11) is 1.71. The van der Waals surface area contributed by atoms with Gasteiger partial charge in [0, 0.05) is 49.7 Å². The van der Waals surface area contributed by atoms with E-state index in [-0.39, 0.29) is 6.03 Å². The Morgan fingerprint density at radius 2 is 1.71 bits per heavy atom. The van der Waals surface area contributed by atoms with E-state index in [1.165, 1.54) is 67.4 Å². The Morgan fingerprint density at radius 3 is 2.44 bits per heavy atom. The van der Waals surface area contributed by atoms with Gasteiger partial charge in [0.15, 0.2) is 5.13 Å². The zero-order valence-electron chi connectivity index (χ0n) is 24.3. The number of amides is 2. The number of thiazole rings is 1. The number of rotatable bonds is 7. The number of urea groups is 1. The van der Waals surface area contributed by atoms with Crippen molar-refractivity contribution in [2.24, 2.45) is 0 Å². The maximum atomic E-state index is 13.1. The quantitative estimate of drug-likeness (QED) is 0.342. The summed E-state index contributed by atoms with van der Waals surface area (Å²) in [6.07, 6.45) is 8.87. The largest absolute Gasteiger partial charge is 0.496 e. The molecule has 6 rings (SSSR count). The molecule has 3 fully saturated rings. The molecule has 2 aliphatic heterocycles. The lowest BCUT2D eigenvalue weighted by molar-refractivity contribution is 0.0690. The minimum absolute atomic E-state index is 0.0499. The van der Waals surface area contributed by atoms with Gasteiger partial charge in [-0.05, 0) is 68.0 Å². The van der Waals surface area contributed by atoms with Crippen LogP contribution >= 0.6 is 11.3 Å². The number of hydrogen-bond acceptors (Lipinski definition) is 6. The average molecular weight is 574 g/mol. The van der Waals surface area contributed by atoms with Gasteiger partial charge in [-0.1, -0.05) is 55.7 Å². The Hall–Kier alpha value is -2.94. The van der Waals surface area contributed by atoms with Crippen LogP contribution in [-0.2, 0) is 6.54 Å². The second-order valence-electron chi connectivity index (χ2n) is 11.8. The minimum Gasteiger partial charge on any atom is -0.496 e. The average Bonchev–Trinajstić information content (AvgIpc) is 3.50. The molecule has 7 nitrogen and oxygen atoms in total. The fourth-order valence-corrected chi connectivity index (χ4v) is 7.52. The van der Waals surface area contributed by atoms with Gasteiger partial charge < -0.3 is 9.64 Å². The molecular formula is C33H43N5O2S. The lowest BCUT2D eigenvalue weighted by Gasteiger charge is -2.42. The van der Waals surface area contributed by atoms with E-state index in [0.29, 0.717) is 17.1 Å². The molecule has 0 bridgehead atoms. The number of nitrogens with one attached hydrogen (secondary N) is 1. The molecule has 8 heteroatoms. The van der Waals surface area contributed by atoms with Crippen LogP contribution in [0.25, 0.3) is 11.3 Å². The highest BCUT2D eigenvalue weighted by Gasteiger charge is 2.29. The fraction of sp³-hybridized carbons (Fsp3) is 0.515. The SMILES string of the molecule is COc1ccc(C2CCCCC2)cc1-c1csc(NC(=O)N2CCN(C3CCN(Cc4ccccc4)CC3)CC2)n1. The van der Waals surface area contributed by atoms with Crippen LogP contribution in [0.5, 0.6) is 5.75 Å². The Kier molecular flexibility index (Phi) is 9.19. The van der Waals surface area contributed by atoms with Gasteiger partial charge in [0.2, 0.25) is 0 Å². The molecule has 218 valence electrons. The minimum atomic E-state index is -0.0499. The number of piperidine rings is 1. The molecule has 2 amide bonds. The first-order valence-corrected chi connectivity index (χ1v) is 16.2. The van der Waals surface area contributed by atoms with E-state index in [2.05, 4.69) is 63.6 Å². The van der Waals surface area contributed by atoms with Crippen LogP contribution in [0.4, 0.5) is 9.93 Å². The molecule has 1 aromatic heterocycles. The van der Waals surface area contributed by atoms with Gasteiger partial charge >= 0.3 is 6.03 Å². The summed E-state index contributed by atoms with van der Waals surface area (Å²) in [5, 5.41) is 5.74. The third kappa shape index (κ3) is 6.93. The van der Waals surface area contributed by atoms with Gasteiger partial charge in [0.05, 0.1) is 12.8 Å². The Labute approximate surface area is 248 Å². The van der Waals surface area contributed by atoms with Crippen LogP contribution < -0.4 is 10.1 Å². The summed E-state index contributed by atoms with van der Waals surface area (Å²) in [5.74, 6) is 1.45. The first-order chi connectivity index (χ1) is 20.2. The Balaban J connectivity index is 0.996. The zero-order valence-corrected chi connectivity index (χ0v) is 25.1. The van der Waals surface area contributed by atoms with E-state index in [4.69, 9.17) is 9.72 Å². The standard InChI is InChI=1S/C33H43N5O2S/c1-40-31-13-12-27(26-10-6-3-7-11-26)22-29(31)30-24-41-32(34-30)35-33(39)38-20-18-37(19-21-38)28-14-16-36(17-15-28)23-25-8-4-2-5-9-25/h2,4-5,8-9,12-13,22,24,26,28H,3,6-7,10-11,14-21,23H2,1H3,(H,34,35,39). The first-order valence-electron chi connectivity index (χ1n) is 15.4. The number of likely N-dealkylation sites (tertiary alicyclic amines) is 1. The number of carbonyl (C=O) groups excluding carboxylic acids is 1. The van der Waals surface area contributed by atoms with Gasteiger partial charge in [-0.25, -0.2) is 9.78 Å². The molecule has 1 saturated carbocycles. The second kappa shape index (κ2) is 13.4. The van der Waals surface area contributed by atoms with Crippen molar-refractivity contribution in [1.82, 2.24) is 19.7 Å². The molecule has 41 heavy (non-hydrogen) atoms. The first kappa shape index (κ1) is 28.2. The van der Waals surface area contributed by atoms with Crippen LogP contribution in [0.3, 0.4) is 0 Å². The lowest BCUT2D eigenvalue weighted by atomic mass is 9.83. The van der Waals surface area contributed by atoms with Crippen LogP contribution in [0, 0.1) is 0 Å². The van der Waals surface area contributed by atoms with Gasteiger partial charge in [0.1, 0.15) is 5.75 Å². The molecule has 0 atom stereocenters. The van der Waals surface area contributed by atoms with E-state index < -0.39 is 0 Å². The summed E-state index contributed by atoms with van der Waals surface area (Å²) >= 11 is 1.48. The Morgan fingerprint density at radius 1 is 0.951 bits per heavy atom. The maximum absolute atomic E-state index is 13.1. The van der Waals surface area contributed by atoms with Crippen LogP contribution in [0.2, 0.25) is 0 Å². The van der Waals surface area contributed by atoms with Gasteiger partial charge in [-0.3, -0.25) is 15.1 Å². The summed E-state index contributed by atoms with van der Waals surface area (Å²) in [4.78, 5) is 25.0. The maximum Gasteiger partial charge on any atom is 0.323 e. The van der Waals surface area contributed by atoms with Crippen molar-refractivity contribution in [1.29, 1.82) is 0 Å². The van der Waals surface area contributed by atoms with E-state index in [1.54, 1.807) is 7.11 Å². The monoisotopic (exact) mass is 573 g/mol. The third-order valence-corrected chi connectivity index (χ3v) is 9.98. The van der Waals surface area contributed by atoms with Crippen molar-refractivity contribution in [3.8, 4) is 17.0 Å². The van der Waals surface area contributed by atoms with E-state index in [0.717, 1.165) is 62.8 Å². The third-order valence-electron chi connectivity index (χ3n) is 9.22. The predicted molar refractivity (Wildman–Crippen MR) is 167 cm³/mol. The molecule has 0 unspecified atom stereocenters. The molecule has 3 aromatic rings. The van der Waals surface area contributed by atoms with E-state index >= 15 is 0 Å². The normalized spacial score (nSPS) is 19.8. The number of carbonyl (C=O) groups is 1. The number of hydrogen-bond donors (Lipinski definition) is 1. The van der Waals surface area contributed by atoms with Crippen molar-refractivity contribution in [3.63, 3.8) is 0 Å². The molecule has 2 aromatic carbocycles. The molecule has 3 aliphatic rings. The highest BCUT2D eigenvalue weighted by Crippen LogP contribution is 2.38. The summed E-state index contributed by atoms with van der Waals surface area (Å²) in [6, 6.07) is 17.9. The molecule has 2 saturated heterocycles. The van der Waals surface area contributed by atoms with Crippen molar-refractivity contribution in [2.45, 2.75) is 63.5 Å². The lowest BCUT2D eigenvalue weighted by Crippen LogP contribution is -2.54. The summed E-state index contributed by atoms with van der Waals surface area (Å²) < 4.78 is 5.68. The molecular weight excluding hydrogens is 530 g/mol. The number of methoxy groups -OCH3 is 1. The molecule has 1 aliphatic carbocycles. The zero-order chi connectivity index (χ0) is 28.0. The molecule has 0 radical (unpaired) electrons. The van der Waals surface area contributed by atoms with Crippen molar-refractivity contribution < 1.29 is 9.53 Å². The van der Waals surface area contributed by atoms with Gasteiger partial charge in [0.25, 0.3) is 0 Å². The van der Waals surface area contributed by atoms with Crippen LogP contribution in [-0.4, -0.2) is 78.1 Å². The number of piperazine rings is 1. The van der Waals surface area contributed by atoms with Crippen LogP contribution in [0.1, 0.15) is 62.0 Å². The molecule has 0 spiro atoms. The number of ether oxygens (including phenoxy) is 1. The van der Waals surface area contributed by atoms with E-state index in [1.807, 2.05) is 10.3 Å². The number of aromatic nitrogens is 1. The molecule has 1 N–H and O–H groups in total. The Bertz CT molecular complexity index is 1280. The molecule has 3 heterocycles. The van der Waals surface area contributed by atoms with Gasteiger partial charge in [-0.2, -0.15) is 0 Å². The fourth-order valence-electron chi connectivity index (χ4n) is 6.82. The highest BCUT2D eigenvalue weighted by atomic mass is 32.1. The van der Waals surface area contributed by atoms with Crippen LogP contribution in [0.15, 0.2) is 53.9 Å². The summed E-state index contributed by atoms with van der Waals surface area (Å²) in [6.45, 7) is 6.70. The second-order valence-corrected chi connectivity index (χ2v) is 12.6. The number of benzene rings is 2. The smallest absolute Gasteiger partial charge is 0.323 e. The summed E-state index contributed by atoms with van der Waals surface area (Å²) in [5.41, 5.74) is 4.64.